The predicted molar refractivity (Wildman–Crippen MR) is 66.3 cm³/mol. The number of unbranched alkanes of at least 4 members (excludes halogenated alkanes) is 1. The van der Waals surface area contributed by atoms with Gasteiger partial charge in [-0.05, 0) is 44.3 Å². The number of nitrogens with zero attached hydrogens (tertiary/aromatic N) is 1. The van der Waals surface area contributed by atoms with Gasteiger partial charge in [0.05, 0.1) is 0 Å². The number of hydrogen-bond acceptors (Lipinski definition) is 2. The maximum Gasteiger partial charge on any atom is 0.185 e. The van der Waals surface area contributed by atoms with Gasteiger partial charge in [0.25, 0.3) is 0 Å². The lowest BCUT2D eigenvalue weighted by atomic mass is 9.90. The molecule has 3 nitrogen and oxygen atoms in total. The van der Waals surface area contributed by atoms with E-state index >= 15 is 0 Å². The Morgan fingerprint density at radius 1 is 1.33 bits per heavy atom. The van der Waals surface area contributed by atoms with Crippen molar-refractivity contribution in [2.75, 3.05) is 6.54 Å². The highest BCUT2D eigenvalue weighted by Crippen LogP contribution is 2.29. The van der Waals surface area contributed by atoms with E-state index in [1.807, 2.05) is 0 Å². The molecule has 2 N–H and O–H groups in total. The molecule has 2 rings (SSSR count). The topological polar surface area (TPSA) is 27.3 Å². The molecule has 1 spiro atoms. The van der Waals surface area contributed by atoms with Crippen LogP contribution in [0.25, 0.3) is 0 Å². The van der Waals surface area contributed by atoms with Crippen LogP contribution < -0.4 is 10.7 Å². The lowest BCUT2D eigenvalue weighted by Crippen LogP contribution is -2.52. The first-order chi connectivity index (χ1) is 7.26. The molecule has 1 saturated heterocycles. The minimum atomic E-state index is 0.100. The van der Waals surface area contributed by atoms with E-state index in [4.69, 9.17) is 12.2 Å². The number of nitrogens with one attached hydrogen (secondary N) is 2. The molecule has 0 aromatic heterocycles. The first-order valence-electron chi connectivity index (χ1n) is 6.13. The molecular formula is C11H21N3S. The third kappa shape index (κ3) is 2.42. The summed E-state index contributed by atoms with van der Waals surface area (Å²) in [6, 6.07) is 0. The summed E-state index contributed by atoms with van der Waals surface area (Å²) in [4.78, 5) is 0. The zero-order chi connectivity index (χ0) is 10.7. The molecule has 4 heteroatoms. The molecule has 0 unspecified atom stereocenters. The monoisotopic (exact) mass is 227 g/mol. The van der Waals surface area contributed by atoms with Crippen LogP contribution in [0, 0.1) is 0 Å². The zero-order valence-electron chi connectivity index (χ0n) is 9.51. The van der Waals surface area contributed by atoms with Crippen LogP contribution in [0.3, 0.4) is 0 Å². The van der Waals surface area contributed by atoms with Crippen LogP contribution in [-0.2, 0) is 0 Å². The van der Waals surface area contributed by atoms with E-state index in [0.717, 1.165) is 11.7 Å². The first-order valence-corrected chi connectivity index (χ1v) is 6.54. The van der Waals surface area contributed by atoms with Crippen LogP contribution in [0.15, 0.2) is 0 Å². The molecule has 1 saturated carbocycles. The van der Waals surface area contributed by atoms with Crippen LogP contribution >= 0.6 is 12.2 Å². The second-order valence-corrected chi connectivity index (χ2v) is 5.08. The van der Waals surface area contributed by atoms with E-state index in [2.05, 4.69) is 22.7 Å². The van der Waals surface area contributed by atoms with Gasteiger partial charge < -0.3 is 5.32 Å². The highest BCUT2D eigenvalue weighted by atomic mass is 32.1. The Morgan fingerprint density at radius 2 is 2.07 bits per heavy atom. The molecule has 0 atom stereocenters. The van der Waals surface area contributed by atoms with Crippen molar-refractivity contribution in [2.45, 2.75) is 57.5 Å². The maximum absolute atomic E-state index is 5.36. The summed E-state index contributed by atoms with van der Waals surface area (Å²) in [7, 11) is 0. The molecule has 0 amide bonds. The summed E-state index contributed by atoms with van der Waals surface area (Å²) in [6.07, 6.45) is 8.81. The third-order valence-electron chi connectivity index (χ3n) is 3.38. The highest BCUT2D eigenvalue weighted by molar-refractivity contribution is 7.80. The van der Waals surface area contributed by atoms with Crippen LogP contribution in [0.4, 0.5) is 0 Å². The van der Waals surface area contributed by atoms with E-state index in [1.165, 1.54) is 44.9 Å². The summed E-state index contributed by atoms with van der Waals surface area (Å²) in [5.41, 5.74) is 3.67. The molecule has 1 aliphatic heterocycles. The van der Waals surface area contributed by atoms with E-state index in [0.29, 0.717) is 0 Å². The SMILES string of the molecule is CCCCN1NC2(CCCCC2)NC1=S. The summed E-state index contributed by atoms with van der Waals surface area (Å²) < 4.78 is 0. The van der Waals surface area contributed by atoms with Crippen molar-refractivity contribution < 1.29 is 0 Å². The van der Waals surface area contributed by atoms with Gasteiger partial charge in [0.2, 0.25) is 0 Å². The third-order valence-corrected chi connectivity index (χ3v) is 3.71. The largest absolute Gasteiger partial charge is 0.342 e. The average molecular weight is 227 g/mol. The van der Waals surface area contributed by atoms with Crippen molar-refractivity contribution in [3.05, 3.63) is 0 Å². The minimum absolute atomic E-state index is 0.100. The van der Waals surface area contributed by atoms with Crippen molar-refractivity contribution in [1.29, 1.82) is 0 Å². The summed E-state index contributed by atoms with van der Waals surface area (Å²) in [5, 5.41) is 6.50. The summed E-state index contributed by atoms with van der Waals surface area (Å²) in [5.74, 6) is 0. The number of thiocarbonyl (C=S) groups is 1. The van der Waals surface area contributed by atoms with Gasteiger partial charge in [0.1, 0.15) is 5.66 Å². The van der Waals surface area contributed by atoms with Crippen LogP contribution in [0.5, 0.6) is 0 Å². The van der Waals surface area contributed by atoms with Crippen molar-refractivity contribution in [3.8, 4) is 0 Å². The molecule has 15 heavy (non-hydrogen) atoms. The number of rotatable bonds is 3. The van der Waals surface area contributed by atoms with Gasteiger partial charge >= 0.3 is 0 Å². The second kappa shape index (κ2) is 4.66. The number of hydrazine groups is 1. The fraction of sp³-hybridized carbons (Fsp3) is 0.909. The van der Waals surface area contributed by atoms with Gasteiger partial charge in [-0.2, -0.15) is 0 Å². The van der Waals surface area contributed by atoms with Crippen molar-refractivity contribution in [2.24, 2.45) is 0 Å². The van der Waals surface area contributed by atoms with E-state index in [1.54, 1.807) is 0 Å². The van der Waals surface area contributed by atoms with Crippen molar-refractivity contribution in [1.82, 2.24) is 15.8 Å². The lowest BCUT2D eigenvalue weighted by Gasteiger charge is -2.33. The van der Waals surface area contributed by atoms with E-state index in [-0.39, 0.29) is 5.66 Å². The molecule has 0 bridgehead atoms. The average Bonchev–Trinajstić information content (AvgIpc) is 2.53. The first kappa shape index (κ1) is 11.1. The Hall–Kier alpha value is -0.350. The molecule has 1 heterocycles. The Kier molecular flexibility index (Phi) is 3.46. The fourth-order valence-corrected chi connectivity index (χ4v) is 2.81. The second-order valence-electron chi connectivity index (χ2n) is 4.69. The van der Waals surface area contributed by atoms with Crippen LogP contribution in [0.1, 0.15) is 51.9 Å². The van der Waals surface area contributed by atoms with Crippen molar-refractivity contribution >= 4 is 17.3 Å². The molecule has 2 aliphatic rings. The molecule has 0 radical (unpaired) electrons. The predicted octanol–water partition coefficient (Wildman–Crippen LogP) is 2.14. The standard InChI is InChI=1S/C11H21N3S/c1-2-3-9-14-10(15)12-11(13-14)7-5-4-6-8-11/h13H,2-9H2,1H3,(H,12,15). The van der Waals surface area contributed by atoms with Crippen LogP contribution in [0.2, 0.25) is 0 Å². The zero-order valence-corrected chi connectivity index (χ0v) is 10.3. The van der Waals surface area contributed by atoms with Gasteiger partial charge in [-0.3, -0.25) is 5.01 Å². The molecule has 0 aromatic rings. The van der Waals surface area contributed by atoms with Gasteiger partial charge in [0.15, 0.2) is 5.11 Å². The Balaban J connectivity index is 1.92. The molecule has 86 valence electrons. The van der Waals surface area contributed by atoms with Crippen molar-refractivity contribution in [3.63, 3.8) is 0 Å². The van der Waals surface area contributed by atoms with Gasteiger partial charge in [-0.25, -0.2) is 5.43 Å². The summed E-state index contributed by atoms with van der Waals surface area (Å²) >= 11 is 5.36. The Morgan fingerprint density at radius 3 is 2.73 bits per heavy atom. The molecular weight excluding hydrogens is 206 g/mol. The quantitative estimate of drug-likeness (QED) is 0.722. The van der Waals surface area contributed by atoms with Gasteiger partial charge in [-0.1, -0.05) is 19.8 Å². The maximum atomic E-state index is 5.36. The number of hydrogen-bond donors (Lipinski definition) is 2. The van der Waals surface area contributed by atoms with Crippen LogP contribution in [-0.4, -0.2) is 22.3 Å². The van der Waals surface area contributed by atoms with Gasteiger partial charge in [-0.15, -0.1) is 0 Å². The molecule has 0 aromatic carbocycles. The van der Waals surface area contributed by atoms with E-state index in [9.17, 15) is 0 Å². The molecule has 1 aliphatic carbocycles. The Bertz CT molecular complexity index is 236. The minimum Gasteiger partial charge on any atom is -0.342 e. The van der Waals surface area contributed by atoms with E-state index < -0.39 is 0 Å². The smallest absolute Gasteiger partial charge is 0.185 e. The normalized spacial score (nSPS) is 24.6. The fourth-order valence-electron chi connectivity index (χ4n) is 2.48. The summed E-state index contributed by atoms with van der Waals surface area (Å²) in [6.45, 7) is 3.24. The highest BCUT2D eigenvalue weighted by Gasteiger charge is 2.40. The Labute approximate surface area is 97.6 Å². The molecule has 2 fully saturated rings. The van der Waals surface area contributed by atoms with Gasteiger partial charge in [0, 0.05) is 6.54 Å². The lowest BCUT2D eigenvalue weighted by molar-refractivity contribution is 0.163.